The van der Waals surface area contributed by atoms with E-state index >= 15 is 0 Å². The fourth-order valence-electron chi connectivity index (χ4n) is 2.01. The predicted octanol–water partition coefficient (Wildman–Crippen LogP) is 2.21. The minimum atomic E-state index is -1.04. The van der Waals surface area contributed by atoms with Gasteiger partial charge in [-0.1, -0.05) is 38.1 Å². The number of rotatable bonds is 6. The maximum atomic E-state index is 11.2. The molecule has 0 aliphatic heterocycles. The van der Waals surface area contributed by atoms with Gasteiger partial charge in [-0.2, -0.15) is 0 Å². The van der Waals surface area contributed by atoms with E-state index in [-0.39, 0.29) is 0 Å². The molecule has 0 radical (unpaired) electrons. The van der Waals surface area contributed by atoms with Crippen LogP contribution in [-0.2, 0) is 11.2 Å². The molecule has 0 aliphatic rings. The highest BCUT2D eigenvalue weighted by Gasteiger charge is 2.24. The molecule has 1 aromatic rings. The highest BCUT2D eigenvalue weighted by molar-refractivity contribution is 5.81. The second kappa shape index (κ2) is 6.93. The topological polar surface area (TPSA) is 83.6 Å². The molecule has 20 heavy (non-hydrogen) atoms. The first-order valence-electron chi connectivity index (χ1n) is 6.66. The quantitative estimate of drug-likeness (QED) is 0.836. The lowest BCUT2D eigenvalue weighted by molar-refractivity contribution is -0.141. The third kappa shape index (κ3) is 4.26. The molecule has 0 saturated heterocycles. The minimum Gasteiger partial charge on any atom is -0.480 e. The molecule has 1 rings (SSSR count). The van der Waals surface area contributed by atoms with Crippen molar-refractivity contribution in [3.8, 4) is 0 Å². The number of carbonyl (C=O) groups is 2. The Bertz CT molecular complexity index is 469. The number of amides is 2. The second-order valence-electron chi connectivity index (χ2n) is 5.24. The smallest absolute Gasteiger partial charge is 0.326 e. The normalized spacial score (nSPS) is 12.2. The summed E-state index contributed by atoms with van der Waals surface area (Å²) in [5.74, 6) is -0.568. The number of benzene rings is 1. The Kier molecular flexibility index (Phi) is 5.55. The molecule has 0 fully saturated rings. The zero-order valence-corrected chi connectivity index (χ0v) is 12.2. The molecule has 5 heteroatoms. The molecular weight excluding hydrogens is 256 g/mol. The molecule has 1 aromatic carbocycles. The summed E-state index contributed by atoms with van der Waals surface area (Å²) in [7, 11) is 1.41. The summed E-state index contributed by atoms with van der Waals surface area (Å²) in [5, 5.41) is 9.14. The van der Waals surface area contributed by atoms with Crippen LogP contribution in [0.4, 0.5) is 4.79 Å². The Labute approximate surface area is 119 Å². The Hall–Kier alpha value is -2.04. The third-order valence-corrected chi connectivity index (χ3v) is 3.45. The van der Waals surface area contributed by atoms with Gasteiger partial charge in [-0.3, -0.25) is 0 Å². The first kappa shape index (κ1) is 16.0. The monoisotopic (exact) mass is 278 g/mol. The number of carbonyl (C=O) groups excluding carboxylic acids is 1. The van der Waals surface area contributed by atoms with Crippen LogP contribution in [0.25, 0.3) is 0 Å². The first-order chi connectivity index (χ1) is 9.32. The maximum Gasteiger partial charge on any atom is 0.326 e. The van der Waals surface area contributed by atoms with Crippen LogP contribution in [0.15, 0.2) is 24.3 Å². The van der Waals surface area contributed by atoms with Crippen molar-refractivity contribution >= 4 is 12.0 Å². The molecule has 0 aromatic heterocycles. The molecule has 0 bridgehead atoms. The van der Waals surface area contributed by atoms with Crippen LogP contribution < -0.4 is 5.73 Å². The van der Waals surface area contributed by atoms with Gasteiger partial charge in [0.05, 0.1) is 0 Å². The molecular formula is C15H22N2O3. The molecule has 110 valence electrons. The molecule has 1 unspecified atom stereocenters. The number of hydrogen-bond acceptors (Lipinski definition) is 2. The van der Waals surface area contributed by atoms with E-state index < -0.39 is 18.0 Å². The molecule has 0 saturated carbocycles. The highest BCUT2D eigenvalue weighted by Crippen LogP contribution is 2.16. The Morgan fingerprint density at radius 3 is 2.20 bits per heavy atom. The van der Waals surface area contributed by atoms with Crippen LogP contribution in [-0.4, -0.2) is 35.1 Å². The number of hydrogen-bond donors (Lipinski definition) is 2. The lowest BCUT2D eigenvalue weighted by Gasteiger charge is -2.22. The van der Waals surface area contributed by atoms with Crippen LogP contribution in [0.1, 0.15) is 37.3 Å². The SMILES string of the molecule is CC(C)c1ccc(CCC(C(=O)O)N(C)C(N)=O)cc1. The third-order valence-electron chi connectivity index (χ3n) is 3.45. The van der Waals surface area contributed by atoms with Crippen LogP contribution in [0.2, 0.25) is 0 Å². The standard InChI is InChI=1S/C15H22N2O3/c1-10(2)12-7-4-11(5-8-12)6-9-13(14(18)19)17(3)15(16)20/h4-5,7-8,10,13H,6,9H2,1-3H3,(H2,16,20)(H,18,19). The van der Waals surface area contributed by atoms with Gasteiger partial charge in [0.25, 0.3) is 0 Å². The number of aryl methyl sites for hydroxylation is 1. The number of carboxylic acids is 1. The Balaban J connectivity index is 2.68. The largest absolute Gasteiger partial charge is 0.480 e. The van der Waals surface area contributed by atoms with E-state index in [1.807, 2.05) is 24.3 Å². The number of nitrogens with zero attached hydrogens (tertiary/aromatic N) is 1. The zero-order valence-electron chi connectivity index (χ0n) is 12.2. The Morgan fingerprint density at radius 1 is 1.25 bits per heavy atom. The summed E-state index contributed by atoms with van der Waals surface area (Å²) in [6.45, 7) is 4.24. The summed E-state index contributed by atoms with van der Waals surface area (Å²) < 4.78 is 0. The van der Waals surface area contributed by atoms with E-state index in [1.165, 1.54) is 12.6 Å². The summed E-state index contributed by atoms with van der Waals surface area (Å²) in [5.41, 5.74) is 7.42. The number of nitrogens with two attached hydrogens (primary N) is 1. The predicted molar refractivity (Wildman–Crippen MR) is 77.6 cm³/mol. The van der Waals surface area contributed by atoms with Gasteiger partial charge in [0.2, 0.25) is 0 Å². The van der Waals surface area contributed by atoms with Gasteiger partial charge in [0.1, 0.15) is 6.04 Å². The minimum absolute atomic E-state index is 0.343. The number of urea groups is 1. The van der Waals surface area contributed by atoms with Crippen molar-refractivity contribution in [2.45, 2.75) is 38.6 Å². The molecule has 0 spiro atoms. The average Bonchev–Trinajstić information content (AvgIpc) is 2.38. The lowest BCUT2D eigenvalue weighted by Crippen LogP contribution is -2.45. The summed E-state index contributed by atoms with van der Waals surface area (Å²) in [6.07, 6.45) is 0.933. The van der Waals surface area contributed by atoms with Crippen LogP contribution in [0.5, 0.6) is 0 Å². The van der Waals surface area contributed by atoms with E-state index in [0.717, 1.165) is 10.5 Å². The van der Waals surface area contributed by atoms with Crippen molar-refractivity contribution in [2.24, 2.45) is 5.73 Å². The van der Waals surface area contributed by atoms with Gasteiger partial charge in [0.15, 0.2) is 0 Å². The lowest BCUT2D eigenvalue weighted by atomic mass is 9.99. The fraction of sp³-hybridized carbons (Fsp3) is 0.467. The van der Waals surface area contributed by atoms with Crippen molar-refractivity contribution in [1.29, 1.82) is 0 Å². The molecule has 1 atom stereocenters. The van der Waals surface area contributed by atoms with Gasteiger partial charge in [-0.15, -0.1) is 0 Å². The highest BCUT2D eigenvalue weighted by atomic mass is 16.4. The second-order valence-corrected chi connectivity index (χ2v) is 5.24. The summed E-state index contributed by atoms with van der Waals surface area (Å²) >= 11 is 0. The van der Waals surface area contributed by atoms with Crippen molar-refractivity contribution in [3.05, 3.63) is 35.4 Å². The van der Waals surface area contributed by atoms with Gasteiger partial charge in [-0.05, 0) is 29.9 Å². The maximum absolute atomic E-state index is 11.2. The fourth-order valence-corrected chi connectivity index (χ4v) is 2.01. The molecule has 5 nitrogen and oxygen atoms in total. The number of carboxylic acid groups (broad SMARTS) is 1. The van der Waals surface area contributed by atoms with Crippen LogP contribution in [0, 0.1) is 0 Å². The summed E-state index contributed by atoms with van der Waals surface area (Å²) in [6, 6.07) is 6.47. The molecule has 0 heterocycles. The molecule has 3 N–H and O–H groups in total. The van der Waals surface area contributed by atoms with Gasteiger partial charge < -0.3 is 15.7 Å². The van der Waals surface area contributed by atoms with E-state index in [4.69, 9.17) is 10.8 Å². The van der Waals surface area contributed by atoms with E-state index in [1.54, 1.807) is 0 Å². The van der Waals surface area contributed by atoms with E-state index in [2.05, 4.69) is 13.8 Å². The van der Waals surface area contributed by atoms with Gasteiger partial charge in [-0.25, -0.2) is 9.59 Å². The number of likely N-dealkylation sites (N-methyl/N-ethyl adjacent to an activating group) is 1. The van der Waals surface area contributed by atoms with Crippen molar-refractivity contribution in [3.63, 3.8) is 0 Å². The Morgan fingerprint density at radius 2 is 1.80 bits per heavy atom. The number of primary amides is 1. The van der Waals surface area contributed by atoms with Crippen molar-refractivity contribution in [2.75, 3.05) is 7.05 Å². The molecule has 0 aliphatic carbocycles. The van der Waals surface area contributed by atoms with Crippen molar-refractivity contribution < 1.29 is 14.7 Å². The number of aliphatic carboxylic acids is 1. The zero-order chi connectivity index (χ0) is 15.3. The average molecular weight is 278 g/mol. The first-order valence-corrected chi connectivity index (χ1v) is 6.66. The van der Waals surface area contributed by atoms with Gasteiger partial charge >= 0.3 is 12.0 Å². The summed E-state index contributed by atoms with van der Waals surface area (Å²) in [4.78, 5) is 23.3. The van der Waals surface area contributed by atoms with Crippen LogP contribution in [0.3, 0.4) is 0 Å². The van der Waals surface area contributed by atoms with Gasteiger partial charge in [0, 0.05) is 7.05 Å². The van der Waals surface area contributed by atoms with Crippen molar-refractivity contribution in [1.82, 2.24) is 4.90 Å². The molecule has 2 amide bonds. The van der Waals surface area contributed by atoms with E-state index in [0.29, 0.717) is 18.8 Å². The van der Waals surface area contributed by atoms with E-state index in [9.17, 15) is 9.59 Å². The van der Waals surface area contributed by atoms with Crippen LogP contribution >= 0.6 is 0 Å².